The summed E-state index contributed by atoms with van der Waals surface area (Å²) in [7, 11) is 1.89. The molecule has 0 aromatic heterocycles. The fraction of sp³-hybridized carbons (Fsp3) is 0.250. The van der Waals surface area contributed by atoms with E-state index in [1.54, 1.807) is 6.07 Å². The van der Waals surface area contributed by atoms with Gasteiger partial charge in [0.15, 0.2) is 0 Å². The first-order valence-corrected chi connectivity index (χ1v) is 7.14. The number of hydrogen-bond acceptors (Lipinski definition) is 1. The molecule has 0 aliphatic heterocycles. The van der Waals surface area contributed by atoms with Gasteiger partial charge in [-0.05, 0) is 55.3 Å². The molecule has 0 radical (unpaired) electrons. The van der Waals surface area contributed by atoms with Crippen LogP contribution in [0.3, 0.4) is 0 Å². The molecule has 0 amide bonds. The minimum atomic E-state index is -0.321. The second-order valence-corrected chi connectivity index (χ2v) is 5.55. The lowest BCUT2D eigenvalue weighted by atomic mass is 9.95. The van der Waals surface area contributed by atoms with Crippen LogP contribution in [0.15, 0.2) is 36.4 Å². The summed E-state index contributed by atoms with van der Waals surface area (Å²) in [6, 6.07) is 10.4. The third kappa shape index (κ3) is 3.32. The summed E-state index contributed by atoms with van der Waals surface area (Å²) in [4.78, 5) is 0. The van der Waals surface area contributed by atoms with Gasteiger partial charge in [0.1, 0.15) is 5.82 Å². The molecule has 0 heterocycles. The SMILES string of the molecule is CNC(Cc1ccc(F)cc1Cl)c1cccc(Cl)c1C. The Morgan fingerprint density at radius 3 is 2.55 bits per heavy atom. The predicted molar refractivity (Wildman–Crippen MR) is 83.1 cm³/mol. The lowest BCUT2D eigenvalue weighted by Gasteiger charge is -2.20. The van der Waals surface area contributed by atoms with Crippen LogP contribution in [0.2, 0.25) is 10.0 Å². The first-order valence-electron chi connectivity index (χ1n) is 6.39. The van der Waals surface area contributed by atoms with Gasteiger partial charge in [0, 0.05) is 16.1 Å². The molecule has 0 aliphatic rings. The van der Waals surface area contributed by atoms with E-state index in [-0.39, 0.29) is 11.9 Å². The summed E-state index contributed by atoms with van der Waals surface area (Å²) in [6.07, 6.45) is 0.677. The molecule has 0 fully saturated rings. The molecule has 1 nitrogen and oxygen atoms in total. The monoisotopic (exact) mass is 311 g/mol. The zero-order valence-corrected chi connectivity index (χ0v) is 12.9. The zero-order chi connectivity index (χ0) is 14.7. The summed E-state index contributed by atoms with van der Waals surface area (Å²) in [5.41, 5.74) is 3.08. The molecular weight excluding hydrogens is 296 g/mol. The van der Waals surface area contributed by atoms with Crippen molar-refractivity contribution in [2.24, 2.45) is 0 Å². The number of nitrogens with one attached hydrogen (secondary N) is 1. The van der Waals surface area contributed by atoms with Crippen LogP contribution >= 0.6 is 23.2 Å². The lowest BCUT2D eigenvalue weighted by molar-refractivity contribution is 0.586. The quantitative estimate of drug-likeness (QED) is 0.843. The largest absolute Gasteiger partial charge is 0.313 e. The molecule has 20 heavy (non-hydrogen) atoms. The number of likely N-dealkylation sites (N-methyl/N-ethyl adjacent to an activating group) is 1. The molecular formula is C16H16Cl2FN. The molecule has 1 unspecified atom stereocenters. The van der Waals surface area contributed by atoms with Crippen LogP contribution in [0, 0.1) is 12.7 Å². The highest BCUT2D eigenvalue weighted by Gasteiger charge is 2.15. The van der Waals surface area contributed by atoms with Crippen molar-refractivity contribution >= 4 is 23.2 Å². The Bertz CT molecular complexity index is 613. The van der Waals surface area contributed by atoms with Crippen molar-refractivity contribution in [1.29, 1.82) is 0 Å². The van der Waals surface area contributed by atoms with E-state index in [1.807, 2.05) is 32.2 Å². The Balaban J connectivity index is 2.31. The highest BCUT2D eigenvalue weighted by molar-refractivity contribution is 6.31. The second-order valence-electron chi connectivity index (χ2n) is 4.74. The van der Waals surface area contributed by atoms with Gasteiger partial charge in [-0.3, -0.25) is 0 Å². The Morgan fingerprint density at radius 1 is 1.15 bits per heavy atom. The number of rotatable bonds is 4. The van der Waals surface area contributed by atoms with Gasteiger partial charge in [-0.15, -0.1) is 0 Å². The van der Waals surface area contributed by atoms with Crippen molar-refractivity contribution in [2.45, 2.75) is 19.4 Å². The molecule has 0 bridgehead atoms. The van der Waals surface area contributed by atoms with Gasteiger partial charge in [0.2, 0.25) is 0 Å². The van der Waals surface area contributed by atoms with Crippen LogP contribution in [0.25, 0.3) is 0 Å². The van der Waals surface area contributed by atoms with Crippen molar-refractivity contribution in [3.8, 4) is 0 Å². The van der Waals surface area contributed by atoms with Crippen molar-refractivity contribution in [3.05, 3.63) is 69.0 Å². The van der Waals surface area contributed by atoms with E-state index in [2.05, 4.69) is 5.32 Å². The molecule has 2 aromatic rings. The first kappa shape index (κ1) is 15.3. The van der Waals surface area contributed by atoms with E-state index in [0.717, 1.165) is 21.7 Å². The topological polar surface area (TPSA) is 12.0 Å². The highest BCUT2D eigenvalue weighted by Crippen LogP contribution is 2.28. The van der Waals surface area contributed by atoms with Crippen molar-refractivity contribution in [1.82, 2.24) is 5.32 Å². The average Bonchev–Trinajstić information content (AvgIpc) is 2.42. The van der Waals surface area contributed by atoms with E-state index in [1.165, 1.54) is 12.1 Å². The molecule has 4 heteroatoms. The third-order valence-electron chi connectivity index (χ3n) is 3.47. The van der Waals surface area contributed by atoms with Gasteiger partial charge >= 0.3 is 0 Å². The molecule has 106 valence electrons. The van der Waals surface area contributed by atoms with Crippen LogP contribution in [0.1, 0.15) is 22.7 Å². The maximum absolute atomic E-state index is 13.1. The molecule has 2 rings (SSSR count). The molecule has 0 saturated carbocycles. The summed E-state index contributed by atoms with van der Waals surface area (Å²) < 4.78 is 13.1. The molecule has 1 atom stereocenters. The minimum Gasteiger partial charge on any atom is -0.313 e. The van der Waals surface area contributed by atoms with E-state index < -0.39 is 0 Å². The normalized spacial score (nSPS) is 12.4. The summed E-state index contributed by atoms with van der Waals surface area (Å²) in [6.45, 7) is 1.99. The number of benzene rings is 2. The van der Waals surface area contributed by atoms with Crippen molar-refractivity contribution < 1.29 is 4.39 Å². The molecule has 1 N–H and O–H groups in total. The van der Waals surface area contributed by atoms with Crippen LogP contribution < -0.4 is 5.32 Å². The van der Waals surface area contributed by atoms with Gasteiger partial charge in [-0.2, -0.15) is 0 Å². The summed E-state index contributed by atoms with van der Waals surface area (Å²) in [5.74, 6) is -0.321. The molecule has 0 spiro atoms. The van der Waals surface area contributed by atoms with Gasteiger partial charge in [0.25, 0.3) is 0 Å². The van der Waals surface area contributed by atoms with Crippen LogP contribution in [0.5, 0.6) is 0 Å². The minimum absolute atomic E-state index is 0.0802. The van der Waals surface area contributed by atoms with Crippen molar-refractivity contribution in [2.75, 3.05) is 7.05 Å². The summed E-state index contributed by atoms with van der Waals surface area (Å²) >= 11 is 12.3. The number of halogens is 3. The summed E-state index contributed by atoms with van der Waals surface area (Å²) in [5, 5.41) is 4.46. The maximum Gasteiger partial charge on any atom is 0.124 e. The molecule has 2 aromatic carbocycles. The van der Waals surface area contributed by atoms with Gasteiger partial charge in [-0.25, -0.2) is 4.39 Å². The Morgan fingerprint density at radius 2 is 1.90 bits per heavy atom. The fourth-order valence-electron chi connectivity index (χ4n) is 2.28. The smallest absolute Gasteiger partial charge is 0.124 e. The average molecular weight is 312 g/mol. The van der Waals surface area contributed by atoms with Gasteiger partial charge in [-0.1, -0.05) is 41.4 Å². The van der Waals surface area contributed by atoms with Gasteiger partial charge in [0.05, 0.1) is 0 Å². The van der Waals surface area contributed by atoms with Crippen LogP contribution in [-0.4, -0.2) is 7.05 Å². The van der Waals surface area contributed by atoms with Crippen LogP contribution in [0.4, 0.5) is 4.39 Å². The Hall–Kier alpha value is -1.09. The maximum atomic E-state index is 13.1. The lowest BCUT2D eigenvalue weighted by Crippen LogP contribution is -2.20. The van der Waals surface area contributed by atoms with E-state index >= 15 is 0 Å². The van der Waals surface area contributed by atoms with E-state index in [4.69, 9.17) is 23.2 Å². The van der Waals surface area contributed by atoms with Crippen molar-refractivity contribution in [3.63, 3.8) is 0 Å². The highest BCUT2D eigenvalue weighted by atomic mass is 35.5. The predicted octanol–water partition coefficient (Wildman–Crippen LogP) is 4.94. The van der Waals surface area contributed by atoms with E-state index in [0.29, 0.717) is 11.4 Å². The van der Waals surface area contributed by atoms with Gasteiger partial charge < -0.3 is 5.32 Å². The molecule has 0 aliphatic carbocycles. The number of hydrogen-bond donors (Lipinski definition) is 1. The Labute approximate surface area is 128 Å². The first-order chi connectivity index (χ1) is 9.52. The molecule has 0 saturated heterocycles. The fourth-order valence-corrected chi connectivity index (χ4v) is 2.70. The van der Waals surface area contributed by atoms with Crippen LogP contribution in [-0.2, 0) is 6.42 Å². The van der Waals surface area contributed by atoms with E-state index in [9.17, 15) is 4.39 Å². The zero-order valence-electron chi connectivity index (χ0n) is 11.4. The third-order valence-corrected chi connectivity index (χ3v) is 4.23. The Kier molecular flexibility index (Phi) is 5.03. The standard InChI is InChI=1S/C16H16Cl2FN/c1-10-13(4-3-5-14(10)17)16(20-2)8-11-6-7-12(19)9-15(11)18/h3-7,9,16,20H,8H2,1-2H3. The second kappa shape index (κ2) is 6.57.